The zero-order valence-corrected chi connectivity index (χ0v) is 24.1. The Balaban J connectivity index is 0.000000190. The monoisotopic (exact) mass is 534 g/mol. The van der Waals surface area contributed by atoms with Crippen molar-refractivity contribution >= 4 is 22.5 Å². The summed E-state index contributed by atoms with van der Waals surface area (Å²) in [7, 11) is 0. The number of nitriles is 1. The minimum Gasteiger partial charge on any atom is -0.386 e. The Morgan fingerprint density at radius 2 is 1.80 bits per heavy atom. The summed E-state index contributed by atoms with van der Waals surface area (Å²) in [4.78, 5) is 22.2. The fourth-order valence-electron chi connectivity index (χ4n) is 4.96. The number of ketones is 1. The van der Waals surface area contributed by atoms with Crippen LogP contribution in [0, 0.1) is 18.3 Å². The number of hydrogen-bond acceptors (Lipinski definition) is 6. The molecule has 2 aromatic heterocycles. The third-order valence-electron chi connectivity index (χ3n) is 7.13. The van der Waals surface area contributed by atoms with E-state index in [2.05, 4.69) is 43.1 Å². The fraction of sp³-hybridized carbons (Fsp3) is 0.353. The first-order valence-electron chi connectivity index (χ1n) is 13.9. The molecule has 0 unspecified atom stereocenters. The van der Waals surface area contributed by atoms with Gasteiger partial charge in [-0.2, -0.15) is 5.26 Å². The average Bonchev–Trinajstić information content (AvgIpc) is 3.77. The quantitative estimate of drug-likeness (QED) is 0.260. The van der Waals surface area contributed by atoms with Gasteiger partial charge in [0.05, 0.1) is 29.3 Å². The van der Waals surface area contributed by atoms with Gasteiger partial charge in [0.25, 0.3) is 0 Å². The molecule has 40 heavy (non-hydrogen) atoms. The number of nitrogens with zero attached hydrogens (tertiary/aromatic N) is 4. The predicted octanol–water partition coefficient (Wildman–Crippen LogP) is 7.07. The molecule has 5 rings (SSSR count). The molecule has 1 aliphatic carbocycles. The lowest BCUT2D eigenvalue weighted by molar-refractivity contribution is -0.115. The number of aliphatic hydroxyl groups is 1. The van der Waals surface area contributed by atoms with E-state index in [9.17, 15) is 9.90 Å². The first-order valence-corrected chi connectivity index (χ1v) is 13.9. The molecule has 1 saturated carbocycles. The van der Waals surface area contributed by atoms with Crippen LogP contribution in [0.2, 0.25) is 0 Å². The van der Waals surface area contributed by atoms with E-state index in [-0.39, 0.29) is 5.78 Å². The number of anilines is 1. The number of carbonyl (C=O) groups is 1. The lowest BCUT2D eigenvalue weighted by Crippen LogP contribution is -2.30. The molecule has 0 atom stereocenters. The second-order valence-electron chi connectivity index (χ2n) is 11.1. The molecule has 0 aliphatic heterocycles. The molecule has 1 N–H and O–H groups in total. The molecular formula is C34H38N4O2. The number of carbonyl (C=O) groups excluding carboxylic acids is 1. The summed E-state index contributed by atoms with van der Waals surface area (Å²) in [6.45, 7) is 10.4. The summed E-state index contributed by atoms with van der Waals surface area (Å²) in [6, 6.07) is 20.0. The van der Waals surface area contributed by atoms with Crippen LogP contribution in [-0.2, 0) is 10.4 Å². The van der Waals surface area contributed by atoms with Gasteiger partial charge in [0.15, 0.2) is 0 Å². The van der Waals surface area contributed by atoms with Crippen molar-refractivity contribution in [2.45, 2.75) is 65.4 Å². The van der Waals surface area contributed by atoms with Crippen LogP contribution < -0.4 is 4.90 Å². The molecular weight excluding hydrogens is 496 g/mol. The molecule has 0 saturated heterocycles. The number of rotatable bonds is 8. The number of para-hydroxylation sites is 1. The number of benzene rings is 2. The number of Topliss-reactive ketones (excluding diaryl/α,β-unsaturated/α-hetero) is 1. The standard InChI is InChI=1S/C20H16N2.C14H22N2O2/c1-13-12-22-20-17(15-7-5-14(11-21)6-8-15)3-2-4-18(20)19(13)16-9-10-16;1-5-8-16(10-11(2)17)13-7-6-12(9-15-13)14(3,4)18/h2-8,12,16H,9-10H2,1H3;6-7,9,18H,5,8,10H2,1-4H3. The number of aromatic nitrogens is 2. The average molecular weight is 535 g/mol. The summed E-state index contributed by atoms with van der Waals surface area (Å²) in [5.74, 6) is 1.61. The van der Waals surface area contributed by atoms with E-state index >= 15 is 0 Å². The van der Waals surface area contributed by atoms with Crippen molar-refractivity contribution in [2.75, 3.05) is 18.0 Å². The van der Waals surface area contributed by atoms with Crippen molar-refractivity contribution in [3.63, 3.8) is 0 Å². The summed E-state index contributed by atoms with van der Waals surface area (Å²) < 4.78 is 0. The molecule has 2 heterocycles. The molecule has 0 amide bonds. The second kappa shape index (κ2) is 12.4. The number of fused-ring (bicyclic) bond motifs is 1. The van der Waals surface area contributed by atoms with E-state index in [4.69, 9.17) is 10.2 Å². The highest BCUT2D eigenvalue weighted by atomic mass is 16.3. The molecule has 2 aromatic carbocycles. The van der Waals surface area contributed by atoms with Crippen molar-refractivity contribution in [3.8, 4) is 17.2 Å². The minimum atomic E-state index is -0.887. The molecule has 6 heteroatoms. The molecule has 0 bridgehead atoms. The SMILES string of the molecule is CCCN(CC(C)=O)c1ccc(C(C)(C)O)cn1.Cc1cnc2c(-c3ccc(C#N)cc3)cccc2c1C1CC1. The molecule has 0 spiro atoms. The van der Waals surface area contributed by atoms with Crippen LogP contribution in [0.1, 0.15) is 75.1 Å². The van der Waals surface area contributed by atoms with Crippen molar-refractivity contribution in [1.82, 2.24) is 9.97 Å². The maximum absolute atomic E-state index is 11.2. The molecule has 6 nitrogen and oxygen atoms in total. The summed E-state index contributed by atoms with van der Waals surface area (Å²) in [6.07, 6.45) is 7.21. The fourth-order valence-corrected chi connectivity index (χ4v) is 4.96. The maximum Gasteiger partial charge on any atom is 0.149 e. The van der Waals surface area contributed by atoms with Gasteiger partial charge in [-0.1, -0.05) is 43.3 Å². The molecule has 1 aliphatic rings. The van der Waals surface area contributed by atoms with E-state index in [1.165, 1.54) is 29.4 Å². The summed E-state index contributed by atoms with van der Waals surface area (Å²) >= 11 is 0. The Hall–Kier alpha value is -4.08. The lowest BCUT2D eigenvalue weighted by Gasteiger charge is -2.23. The zero-order valence-electron chi connectivity index (χ0n) is 24.1. The third kappa shape index (κ3) is 6.91. The van der Waals surface area contributed by atoms with Gasteiger partial charge in [-0.25, -0.2) is 4.98 Å². The summed E-state index contributed by atoms with van der Waals surface area (Å²) in [5.41, 5.74) is 6.66. The van der Waals surface area contributed by atoms with E-state index in [0.717, 1.165) is 41.0 Å². The number of aryl methyl sites for hydroxylation is 1. The Bertz CT molecular complexity index is 1510. The Morgan fingerprint density at radius 3 is 2.35 bits per heavy atom. The van der Waals surface area contributed by atoms with Crippen LogP contribution in [0.4, 0.5) is 5.82 Å². The Labute approximate surface area is 237 Å². The van der Waals surface area contributed by atoms with Gasteiger partial charge >= 0.3 is 0 Å². The zero-order chi connectivity index (χ0) is 28.9. The highest BCUT2D eigenvalue weighted by Gasteiger charge is 2.27. The van der Waals surface area contributed by atoms with Crippen molar-refractivity contribution < 1.29 is 9.90 Å². The molecule has 1 fully saturated rings. The normalized spacial score (nSPS) is 12.8. The van der Waals surface area contributed by atoms with E-state index < -0.39 is 5.60 Å². The predicted molar refractivity (Wildman–Crippen MR) is 161 cm³/mol. The smallest absolute Gasteiger partial charge is 0.149 e. The third-order valence-corrected chi connectivity index (χ3v) is 7.13. The van der Waals surface area contributed by atoms with Gasteiger partial charge in [0.2, 0.25) is 0 Å². The van der Waals surface area contributed by atoms with Gasteiger partial charge < -0.3 is 10.0 Å². The van der Waals surface area contributed by atoms with Crippen molar-refractivity contribution in [1.29, 1.82) is 5.26 Å². The Morgan fingerprint density at radius 1 is 1.07 bits per heavy atom. The summed E-state index contributed by atoms with van der Waals surface area (Å²) in [5, 5.41) is 20.1. The van der Waals surface area contributed by atoms with Crippen LogP contribution >= 0.6 is 0 Å². The van der Waals surface area contributed by atoms with Crippen LogP contribution in [0.5, 0.6) is 0 Å². The number of hydrogen-bond donors (Lipinski definition) is 1. The largest absolute Gasteiger partial charge is 0.386 e. The van der Waals surface area contributed by atoms with Gasteiger partial charge in [0.1, 0.15) is 11.6 Å². The lowest BCUT2D eigenvalue weighted by atomic mass is 9.95. The number of pyridine rings is 2. The first-order chi connectivity index (χ1) is 19.1. The topological polar surface area (TPSA) is 90.1 Å². The molecule has 4 aromatic rings. The highest BCUT2D eigenvalue weighted by Crippen LogP contribution is 2.45. The van der Waals surface area contributed by atoms with Crippen molar-refractivity contribution in [3.05, 3.63) is 89.2 Å². The highest BCUT2D eigenvalue weighted by molar-refractivity contribution is 5.96. The van der Waals surface area contributed by atoms with E-state index in [1.807, 2.05) is 47.5 Å². The van der Waals surface area contributed by atoms with E-state index in [1.54, 1.807) is 27.0 Å². The minimum absolute atomic E-state index is 0.122. The van der Waals surface area contributed by atoms with Gasteiger partial charge in [-0.15, -0.1) is 0 Å². The second-order valence-corrected chi connectivity index (χ2v) is 11.1. The van der Waals surface area contributed by atoms with Gasteiger partial charge in [-0.05, 0) is 87.8 Å². The van der Waals surface area contributed by atoms with Crippen LogP contribution in [-0.4, -0.2) is 33.9 Å². The maximum atomic E-state index is 11.2. The van der Waals surface area contributed by atoms with Crippen molar-refractivity contribution in [2.24, 2.45) is 0 Å². The van der Waals surface area contributed by atoms with E-state index in [0.29, 0.717) is 18.0 Å². The van der Waals surface area contributed by atoms with Crippen LogP contribution in [0.25, 0.3) is 22.0 Å². The first kappa shape index (κ1) is 28.9. The molecule has 206 valence electrons. The van der Waals surface area contributed by atoms with Crippen LogP contribution in [0.15, 0.2) is 67.0 Å². The molecule has 0 radical (unpaired) electrons. The van der Waals surface area contributed by atoms with Crippen LogP contribution in [0.3, 0.4) is 0 Å². The Kier molecular flexibility index (Phi) is 8.96. The van der Waals surface area contributed by atoms with Gasteiger partial charge in [-0.3, -0.25) is 9.78 Å². The van der Waals surface area contributed by atoms with Gasteiger partial charge in [0, 0.05) is 35.5 Å².